The number of nitrogens with zero attached hydrogens (tertiary/aromatic N) is 3. The van der Waals surface area contributed by atoms with Gasteiger partial charge in [-0.3, -0.25) is 4.98 Å². The number of aryl methyl sites for hydroxylation is 1. The molecule has 3 heterocycles. The van der Waals surface area contributed by atoms with Crippen LogP contribution in [0.4, 0.5) is 0 Å². The van der Waals surface area contributed by atoms with Gasteiger partial charge in [0.25, 0.3) is 5.89 Å². The van der Waals surface area contributed by atoms with Crippen molar-refractivity contribution in [2.75, 3.05) is 0 Å². The number of rotatable bonds is 4. The van der Waals surface area contributed by atoms with Gasteiger partial charge in [0.15, 0.2) is 6.61 Å². The zero-order valence-corrected chi connectivity index (χ0v) is 14.1. The third-order valence-corrected chi connectivity index (χ3v) is 4.47. The molecule has 0 saturated heterocycles. The summed E-state index contributed by atoms with van der Waals surface area (Å²) in [6, 6.07) is 13.0. The second kappa shape index (κ2) is 6.45. The molecule has 0 saturated carbocycles. The van der Waals surface area contributed by atoms with Crippen LogP contribution in [0.2, 0.25) is 0 Å². The molecule has 0 radical (unpaired) electrons. The smallest absolute Gasteiger partial charge is 0.339 e. The molecule has 0 bridgehead atoms. The van der Waals surface area contributed by atoms with Crippen LogP contribution in [-0.2, 0) is 11.3 Å². The van der Waals surface area contributed by atoms with E-state index in [9.17, 15) is 4.79 Å². The summed E-state index contributed by atoms with van der Waals surface area (Å²) >= 11 is 1.51. The average molecular weight is 351 g/mol. The maximum atomic E-state index is 12.5. The first kappa shape index (κ1) is 15.5. The summed E-state index contributed by atoms with van der Waals surface area (Å²) in [6.07, 6.45) is 0. The number of hydrogen-bond acceptors (Lipinski definition) is 7. The third kappa shape index (κ3) is 3.14. The van der Waals surface area contributed by atoms with Crippen molar-refractivity contribution >= 4 is 28.2 Å². The Morgan fingerprint density at radius 1 is 1.20 bits per heavy atom. The van der Waals surface area contributed by atoms with Gasteiger partial charge in [-0.25, -0.2) is 4.79 Å². The van der Waals surface area contributed by atoms with E-state index in [1.54, 1.807) is 6.07 Å². The van der Waals surface area contributed by atoms with Crippen LogP contribution in [0.25, 0.3) is 21.6 Å². The van der Waals surface area contributed by atoms with Gasteiger partial charge in [-0.05, 0) is 30.5 Å². The van der Waals surface area contributed by atoms with Gasteiger partial charge in [-0.15, -0.1) is 11.3 Å². The number of carbonyl (C=O) groups is 1. The summed E-state index contributed by atoms with van der Waals surface area (Å²) in [5.74, 6) is 0.302. The minimum atomic E-state index is -0.447. The number of aromatic nitrogens is 3. The zero-order valence-electron chi connectivity index (χ0n) is 13.3. The summed E-state index contributed by atoms with van der Waals surface area (Å²) < 4.78 is 10.5. The van der Waals surface area contributed by atoms with E-state index < -0.39 is 5.97 Å². The topological polar surface area (TPSA) is 78.1 Å². The molecule has 1 aromatic carbocycles. The van der Waals surface area contributed by atoms with Gasteiger partial charge in [-0.1, -0.05) is 29.4 Å². The van der Waals surface area contributed by atoms with Crippen LogP contribution < -0.4 is 0 Å². The van der Waals surface area contributed by atoms with E-state index in [0.717, 1.165) is 21.5 Å². The number of benzene rings is 1. The number of thiophene rings is 1. The van der Waals surface area contributed by atoms with Crippen molar-refractivity contribution in [3.8, 4) is 10.7 Å². The van der Waals surface area contributed by atoms with Crippen molar-refractivity contribution in [3.05, 3.63) is 65.0 Å². The van der Waals surface area contributed by atoms with Gasteiger partial charge < -0.3 is 9.26 Å². The number of hydrogen-bond donors (Lipinski definition) is 0. The molecule has 0 unspecified atom stereocenters. The summed E-state index contributed by atoms with van der Waals surface area (Å²) in [6.45, 7) is 1.77. The lowest BCUT2D eigenvalue weighted by Crippen LogP contribution is -2.07. The Kier molecular flexibility index (Phi) is 3.99. The molecule has 6 nitrogen and oxygen atoms in total. The lowest BCUT2D eigenvalue weighted by molar-refractivity contribution is 0.0432. The summed E-state index contributed by atoms with van der Waals surface area (Å²) in [4.78, 5) is 22.0. The number of pyridine rings is 1. The van der Waals surface area contributed by atoms with Crippen LogP contribution in [0.5, 0.6) is 0 Å². The number of esters is 1. The predicted octanol–water partition coefficient (Wildman–Crippen LogP) is 4.01. The first-order chi connectivity index (χ1) is 12.2. The van der Waals surface area contributed by atoms with Crippen molar-refractivity contribution < 1.29 is 14.1 Å². The Balaban J connectivity index is 1.53. The van der Waals surface area contributed by atoms with Crippen LogP contribution in [0, 0.1) is 6.92 Å². The molecular weight excluding hydrogens is 338 g/mol. The van der Waals surface area contributed by atoms with E-state index in [-0.39, 0.29) is 12.5 Å². The number of fused-ring (bicyclic) bond motifs is 1. The molecule has 3 aromatic heterocycles. The summed E-state index contributed by atoms with van der Waals surface area (Å²) in [5, 5.41) is 6.58. The third-order valence-electron chi connectivity index (χ3n) is 3.60. The van der Waals surface area contributed by atoms with Crippen molar-refractivity contribution in [2.24, 2.45) is 0 Å². The second-order valence-electron chi connectivity index (χ2n) is 5.39. The minimum absolute atomic E-state index is 0.0765. The molecular formula is C18H13N3O3S. The van der Waals surface area contributed by atoms with Crippen molar-refractivity contribution in [3.63, 3.8) is 0 Å². The van der Waals surface area contributed by atoms with Gasteiger partial charge in [0.2, 0.25) is 5.82 Å². The Bertz CT molecular complexity index is 1040. The van der Waals surface area contributed by atoms with E-state index in [1.807, 2.05) is 48.7 Å². The molecule has 0 aliphatic heterocycles. The van der Waals surface area contributed by atoms with Crippen molar-refractivity contribution in [1.29, 1.82) is 0 Å². The van der Waals surface area contributed by atoms with Crippen LogP contribution >= 0.6 is 11.3 Å². The molecule has 0 atom stereocenters. The highest BCUT2D eigenvalue weighted by Crippen LogP contribution is 2.22. The molecule has 25 heavy (non-hydrogen) atoms. The molecule has 0 aliphatic carbocycles. The summed E-state index contributed by atoms with van der Waals surface area (Å²) in [5.41, 5.74) is 1.98. The highest BCUT2D eigenvalue weighted by Gasteiger charge is 2.16. The van der Waals surface area contributed by atoms with Crippen molar-refractivity contribution in [1.82, 2.24) is 15.1 Å². The fourth-order valence-corrected chi connectivity index (χ4v) is 3.15. The molecule has 0 amide bonds. The quantitative estimate of drug-likeness (QED) is 0.517. The molecule has 0 spiro atoms. The maximum Gasteiger partial charge on any atom is 0.339 e. The fraction of sp³-hybridized carbons (Fsp3) is 0.111. The van der Waals surface area contributed by atoms with E-state index in [0.29, 0.717) is 11.4 Å². The highest BCUT2D eigenvalue weighted by atomic mass is 32.1. The summed E-state index contributed by atoms with van der Waals surface area (Å²) in [7, 11) is 0. The normalized spacial score (nSPS) is 10.9. The monoisotopic (exact) mass is 351 g/mol. The van der Waals surface area contributed by atoms with Crippen molar-refractivity contribution in [2.45, 2.75) is 13.5 Å². The van der Waals surface area contributed by atoms with Crippen LogP contribution in [-0.4, -0.2) is 21.1 Å². The lowest BCUT2D eigenvalue weighted by Gasteiger charge is -2.07. The Labute approximate surface area is 147 Å². The molecule has 0 aliphatic rings. The largest absolute Gasteiger partial charge is 0.452 e. The Morgan fingerprint density at radius 2 is 2.08 bits per heavy atom. The van der Waals surface area contributed by atoms with Crippen LogP contribution in [0.1, 0.15) is 21.9 Å². The van der Waals surface area contributed by atoms with Gasteiger partial charge in [-0.2, -0.15) is 4.98 Å². The first-order valence-corrected chi connectivity index (χ1v) is 8.48. The van der Waals surface area contributed by atoms with E-state index in [2.05, 4.69) is 15.1 Å². The minimum Gasteiger partial charge on any atom is -0.452 e. The Morgan fingerprint density at radius 3 is 2.92 bits per heavy atom. The molecule has 0 N–H and O–H groups in total. The number of ether oxygens (including phenoxy) is 1. The van der Waals surface area contributed by atoms with Gasteiger partial charge >= 0.3 is 5.97 Å². The highest BCUT2D eigenvalue weighted by molar-refractivity contribution is 7.13. The van der Waals surface area contributed by atoms with Gasteiger partial charge in [0, 0.05) is 11.1 Å². The lowest BCUT2D eigenvalue weighted by atomic mass is 10.1. The number of para-hydroxylation sites is 1. The SMILES string of the molecule is Cc1cc(C(=O)OCc2nc(-c3cccs3)no2)c2ccccc2n1. The standard InChI is InChI=1S/C18H13N3O3S/c1-11-9-13(12-5-2-3-6-14(12)19-11)18(22)23-10-16-20-17(21-24-16)15-7-4-8-25-15/h2-9H,10H2,1H3. The van der Waals surface area contributed by atoms with Crippen LogP contribution in [0.3, 0.4) is 0 Å². The maximum absolute atomic E-state index is 12.5. The van der Waals surface area contributed by atoms with E-state index >= 15 is 0 Å². The fourth-order valence-electron chi connectivity index (χ4n) is 2.50. The number of carbonyl (C=O) groups excluding carboxylic acids is 1. The molecule has 4 aromatic rings. The molecule has 4 rings (SSSR count). The molecule has 0 fully saturated rings. The molecule has 124 valence electrons. The Hall–Kier alpha value is -3.06. The second-order valence-corrected chi connectivity index (χ2v) is 6.34. The zero-order chi connectivity index (χ0) is 17.2. The predicted molar refractivity (Wildman–Crippen MR) is 93.2 cm³/mol. The van der Waals surface area contributed by atoms with Crippen LogP contribution in [0.15, 0.2) is 52.4 Å². The van der Waals surface area contributed by atoms with E-state index in [4.69, 9.17) is 9.26 Å². The van der Waals surface area contributed by atoms with Gasteiger partial charge in [0.1, 0.15) is 0 Å². The average Bonchev–Trinajstić information content (AvgIpc) is 3.30. The van der Waals surface area contributed by atoms with Gasteiger partial charge in [0.05, 0.1) is 16.0 Å². The molecule has 7 heteroatoms. The van der Waals surface area contributed by atoms with E-state index in [1.165, 1.54) is 11.3 Å². The first-order valence-electron chi connectivity index (χ1n) is 7.61.